The van der Waals surface area contributed by atoms with Gasteiger partial charge in [0.05, 0.1) is 25.5 Å². The average Bonchev–Trinajstić information content (AvgIpc) is 3.37. The van der Waals surface area contributed by atoms with Crippen molar-refractivity contribution in [3.63, 3.8) is 0 Å². The van der Waals surface area contributed by atoms with Crippen LogP contribution in [0, 0.1) is 6.92 Å². The highest BCUT2D eigenvalue weighted by molar-refractivity contribution is 5.99. The largest absolute Gasteiger partial charge is 0.468 e. The second-order valence-corrected chi connectivity index (χ2v) is 7.13. The van der Waals surface area contributed by atoms with Crippen LogP contribution in [-0.2, 0) is 11.2 Å². The maximum Gasteiger partial charge on any atom is 0.287 e. The van der Waals surface area contributed by atoms with Crippen LogP contribution in [0.1, 0.15) is 40.4 Å². The van der Waals surface area contributed by atoms with Crippen molar-refractivity contribution >= 4 is 16.9 Å². The first-order valence-corrected chi connectivity index (χ1v) is 9.82. The van der Waals surface area contributed by atoms with E-state index >= 15 is 0 Å². The molecule has 0 unspecified atom stereocenters. The SMILES string of the molecule is CCc1ccc2oc(C(=O)NC[C@H](c3ccco3)N3CCOCC3)c(C)c2c1. The van der Waals surface area contributed by atoms with E-state index in [1.165, 1.54) is 5.56 Å². The molecule has 148 valence electrons. The van der Waals surface area contributed by atoms with Gasteiger partial charge in [-0.1, -0.05) is 13.0 Å². The number of morpholine rings is 1. The summed E-state index contributed by atoms with van der Waals surface area (Å²) in [6.45, 7) is 7.50. The van der Waals surface area contributed by atoms with Crippen LogP contribution < -0.4 is 5.32 Å². The number of furan rings is 2. The minimum atomic E-state index is -0.198. The molecule has 0 bridgehead atoms. The second-order valence-electron chi connectivity index (χ2n) is 7.13. The summed E-state index contributed by atoms with van der Waals surface area (Å²) in [4.78, 5) is 15.1. The van der Waals surface area contributed by atoms with Gasteiger partial charge >= 0.3 is 0 Å². The molecule has 0 spiro atoms. The number of amides is 1. The van der Waals surface area contributed by atoms with Crippen molar-refractivity contribution in [2.75, 3.05) is 32.8 Å². The van der Waals surface area contributed by atoms with Gasteiger partial charge < -0.3 is 18.9 Å². The van der Waals surface area contributed by atoms with Gasteiger partial charge in [0.25, 0.3) is 5.91 Å². The fraction of sp³-hybridized carbons (Fsp3) is 0.409. The first-order valence-electron chi connectivity index (χ1n) is 9.82. The Hall–Kier alpha value is -2.57. The van der Waals surface area contributed by atoms with E-state index in [1.807, 2.05) is 31.2 Å². The predicted molar refractivity (Wildman–Crippen MR) is 107 cm³/mol. The predicted octanol–water partition coefficient (Wildman–Crippen LogP) is 3.70. The van der Waals surface area contributed by atoms with E-state index in [4.69, 9.17) is 13.6 Å². The van der Waals surface area contributed by atoms with Gasteiger partial charge in [-0.05, 0) is 43.2 Å². The lowest BCUT2D eigenvalue weighted by molar-refractivity contribution is 0.0117. The van der Waals surface area contributed by atoms with Gasteiger partial charge in [-0.15, -0.1) is 0 Å². The molecule has 1 amide bonds. The Balaban J connectivity index is 1.52. The number of nitrogens with zero attached hydrogens (tertiary/aromatic N) is 1. The maximum absolute atomic E-state index is 12.9. The molecule has 6 heteroatoms. The zero-order valence-electron chi connectivity index (χ0n) is 16.4. The molecule has 2 aromatic heterocycles. The van der Waals surface area contributed by atoms with Crippen molar-refractivity contribution in [3.8, 4) is 0 Å². The van der Waals surface area contributed by atoms with Crippen LogP contribution in [-0.4, -0.2) is 43.7 Å². The highest BCUT2D eigenvalue weighted by Gasteiger charge is 2.26. The van der Waals surface area contributed by atoms with E-state index in [0.29, 0.717) is 25.5 Å². The van der Waals surface area contributed by atoms with E-state index < -0.39 is 0 Å². The summed E-state index contributed by atoms with van der Waals surface area (Å²) in [6.07, 6.45) is 2.62. The number of carbonyl (C=O) groups excluding carboxylic acids is 1. The monoisotopic (exact) mass is 382 g/mol. The number of ether oxygens (including phenoxy) is 1. The lowest BCUT2D eigenvalue weighted by atomic mass is 10.1. The summed E-state index contributed by atoms with van der Waals surface area (Å²) in [7, 11) is 0. The molecule has 6 nitrogen and oxygen atoms in total. The minimum Gasteiger partial charge on any atom is -0.468 e. The molecule has 1 aliphatic heterocycles. The topological polar surface area (TPSA) is 67.9 Å². The Morgan fingerprint density at radius 1 is 1.25 bits per heavy atom. The van der Waals surface area contributed by atoms with Gasteiger partial charge in [0.2, 0.25) is 0 Å². The number of carbonyl (C=O) groups is 1. The standard InChI is InChI=1S/C22H26N2O4/c1-3-16-6-7-19-17(13-16)15(2)21(28-19)22(25)23-14-18(20-5-4-10-27-20)24-8-11-26-12-9-24/h4-7,10,13,18H,3,8-9,11-12,14H2,1-2H3,(H,23,25)/t18-/m1/s1. The van der Waals surface area contributed by atoms with E-state index in [0.717, 1.165) is 41.8 Å². The zero-order chi connectivity index (χ0) is 19.5. The summed E-state index contributed by atoms with van der Waals surface area (Å²) in [6, 6.07) is 9.88. The molecular formula is C22H26N2O4. The third-order valence-electron chi connectivity index (χ3n) is 5.43. The first kappa shape index (κ1) is 18.8. The minimum absolute atomic E-state index is 0.0285. The van der Waals surface area contributed by atoms with Crippen molar-refractivity contribution in [2.45, 2.75) is 26.3 Å². The highest BCUT2D eigenvalue weighted by atomic mass is 16.5. The third kappa shape index (κ3) is 3.70. The molecule has 0 saturated carbocycles. The second kappa shape index (κ2) is 8.20. The van der Waals surface area contributed by atoms with E-state index in [-0.39, 0.29) is 11.9 Å². The molecule has 28 heavy (non-hydrogen) atoms. The lowest BCUT2D eigenvalue weighted by Gasteiger charge is -2.33. The summed E-state index contributed by atoms with van der Waals surface area (Å²) >= 11 is 0. The Labute approximate surface area is 164 Å². The van der Waals surface area contributed by atoms with Gasteiger partial charge in [0.1, 0.15) is 11.3 Å². The summed E-state index contributed by atoms with van der Waals surface area (Å²) in [5, 5.41) is 4.04. The summed E-state index contributed by atoms with van der Waals surface area (Å²) in [5.41, 5.74) is 2.85. The fourth-order valence-electron chi connectivity index (χ4n) is 3.75. The van der Waals surface area contributed by atoms with Crippen LogP contribution in [0.15, 0.2) is 45.4 Å². The van der Waals surface area contributed by atoms with Crippen molar-refractivity contribution in [3.05, 3.63) is 59.2 Å². The molecule has 0 radical (unpaired) electrons. The number of rotatable bonds is 6. The number of hydrogen-bond acceptors (Lipinski definition) is 5. The Morgan fingerprint density at radius 3 is 2.79 bits per heavy atom. The molecule has 1 saturated heterocycles. The van der Waals surface area contributed by atoms with Crippen LogP contribution in [0.3, 0.4) is 0 Å². The Morgan fingerprint density at radius 2 is 2.07 bits per heavy atom. The van der Waals surface area contributed by atoms with E-state index in [2.05, 4.69) is 23.2 Å². The molecule has 4 rings (SSSR count). The third-order valence-corrected chi connectivity index (χ3v) is 5.43. The van der Waals surface area contributed by atoms with Crippen LogP contribution in [0.25, 0.3) is 11.0 Å². The summed E-state index contributed by atoms with van der Waals surface area (Å²) in [5.74, 6) is 1.02. The van der Waals surface area contributed by atoms with Gasteiger partial charge in [-0.3, -0.25) is 9.69 Å². The number of hydrogen-bond donors (Lipinski definition) is 1. The van der Waals surface area contributed by atoms with Gasteiger partial charge in [0, 0.05) is 30.6 Å². The first-order chi connectivity index (χ1) is 13.7. The number of nitrogens with one attached hydrogen (secondary N) is 1. The molecule has 1 fully saturated rings. The van der Waals surface area contributed by atoms with Gasteiger partial charge in [0.15, 0.2) is 5.76 Å². The fourth-order valence-corrected chi connectivity index (χ4v) is 3.75. The summed E-state index contributed by atoms with van der Waals surface area (Å²) < 4.78 is 16.9. The van der Waals surface area contributed by atoms with E-state index in [1.54, 1.807) is 6.26 Å². The van der Waals surface area contributed by atoms with Crippen molar-refractivity contribution in [1.82, 2.24) is 10.2 Å². The highest BCUT2D eigenvalue weighted by Crippen LogP contribution is 2.27. The molecule has 0 aliphatic carbocycles. The van der Waals surface area contributed by atoms with Crippen molar-refractivity contribution in [2.24, 2.45) is 0 Å². The van der Waals surface area contributed by atoms with E-state index in [9.17, 15) is 4.79 Å². The molecular weight excluding hydrogens is 356 g/mol. The number of aryl methyl sites for hydroxylation is 2. The molecule has 1 aromatic carbocycles. The van der Waals surface area contributed by atoms with Crippen LogP contribution >= 0.6 is 0 Å². The van der Waals surface area contributed by atoms with Crippen LogP contribution in [0.2, 0.25) is 0 Å². The molecule has 1 atom stereocenters. The average molecular weight is 382 g/mol. The Kier molecular flexibility index (Phi) is 5.50. The quantitative estimate of drug-likeness (QED) is 0.704. The number of benzene rings is 1. The van der Waals surface area contributed by atoms with Crippen LogP contribution in [0.5, 0.6) is 0 Å². The van der Waals surface area contributed by atoms with Crippen molar-refractivity contribution in [1.29, 1.82) is 0 Å². The Bertz CT molecular complexity index is 939. The molecule has 1 N–H and O–H groups in total. The zero-order valence-corrected chi connectivity index (χ0v) is 16.4. The lowest BCUT2D eigenvalue weighted by Crippen LogP contribution is -2.43. The van der Waals surface area contributed by atoms with Crippen LogP contribution in [0.4, 0.5) is 0 Å². The van der Waals surface area contributed by atoms with Gasteiger partial charge in [-0.25, -0.2) is 0 Å². The molecule has 3 heterocycles. The smallest absolute Gasteiger partial charge is 0.287 e. The molecule has 3 aromatic rings. The molecule has 1 aliphatic rings. The van der Waals surface area contributed by atoms with Crippen molar-refractivity contribution < 1.29 is 18.4 Å². The normalized spacial score (nSPS) is 16.4. The van der Waals surface area contributed by atoms with Gasteiger partial charge in [-0.2, -0.15) is 0 Å². The number of fused-ring (bicyclic) bond motifs is 1. The maximum atomic E-state index is 12.9.